The van der Waals surface area contributed by atoms with Gasteiger partial charge in [-0.25, -0.2) is 0 Å². The molecule has 0 bridgehead atoms. The fraction of sp³-hybridized carbons (Fsp3) is 0.0702. The van der Waals surface area contributed by atoms with Gasteiger partial charge in [0.05, 0.1) is 36.0 Å². The van der Waals surface area contributed by atoms with E-state index < -0.39 is 5.54 Å². The first-order chi connectivity index (χ1) is 30.9. The zero-order chi connectivity index (χ0) is 44.1. The third-order valence-corrected chi connectivity index (χ3v) is 9.93. The fourth-order valence-electron chi connectivity index (χ4n) is 6.75. The Morgan fingerprint density at radius 2 is 0.922 bits per heavy atom. The zero-order valence-electron chi connectivity index (χ0n) is 35.6. The molecule has 1 unspecified atom stereocenters. The molecule has 0 aliphatic heterocycles. The van der Waals surface area contributed by atoms with E-state index in [0.717, 1.165) is 45.7 Å². The van der Waals surface area contributed by atoms with Crippen molar-refractivity contribution in [2.45, 2.75) is 25.8 Å². The minimum atomic E-state index is -0.582. The predicted molar refractivity (Wildman–Crippen MR) is 258 cm³/mol. The van der Waals surface area contributed by atoms with Crippen molar-refractivity contribution in [3.8, 4) is 0 Å². The second-order valence-electron chi connectivity index (χ2n) is 14.6. The van der Waals surface area contributed by atoms with Crippen molar-refractivity contribution < 1.29 is 40.6 Å². The molecular formula is C57H45N3O3Zr. The van der Waals surface area contributed by atoms with Gasteiger partial charge in [0.1, 0.15) is 0 Å². The van der Waals surface area contributed by atoms with Crippen LogP contribution in [0.15, 0.2) is 229 Å². The molecule has 0 aliphatic rings. The molecule has 6 nitrogen and oxygen atoms in total. The molecule has 1 aromatic heterocycles. The molecule has 0 radical (unpaired) electrons. The summed E-state index contributed by atoms with van der Waals surface area (Å²) in [6.07, 6.45) is 6.06. The first-order valence-electron chi connectivity index (χ1n) is 20.4. The molecule has 0 aliphatic carbocycles. The van der Waals surface area contributed by atoms with Crippen LogP contribution in [-0.4, -0.2) is 29.6 Å². The monoisotopic (exact) mass is 909 g/mol. The van der Waals surface area contributed by atoms with E-state index in [2.05, 4.69) is 134 Å². The van der Waals surface area contributed by atoms with Crippen LogP contribution in [0.3, 0.4) is 0 Å². The summed E-state index contributed by atoms with van der Waals surface area (Å²) in [6.45, 7) is 4.22. The number of hydrogen-bond acceptors (Lipinski definition) is 5. The molecule has 7 heteroatoms. The predicted octanol–water partition coefficient (Wildman–Crippen LogP) is 13.1. The van der Waals surface area contributed by atoms with Crippen LogP contribution in [0.2, 0.25) is 0 Å². The van der Waals surface area contributed by atoms with Gasteiger partial charge in [0.2, 0.25) is 0 Å². The van der Waals surface area contributed by atoms with Gasteiger partial charge >= 0.3 is 26.2 Å². The number of nitrogens with zero attached hydrogens (tertiary/aromatic N) is 3. The van der Waals surface area contributed by atoms with E-state index in [0.29, 0.717) is 16.7 Å². The minimum absolute atomic E-state index is 0. The van der Waals surface area contributed by atoms with Crippen molar-refractivity contribution in [2.75, 3.05) is 0 Å². The molecule has 9 aromatic rings. The number of aliphatic imine (C=N–C) groups is 1. The van der Waals surface area contributed by atoms with Crippen LogP contribution in [0, 0.1) is 0 Å². The third kappa shape index (κ3) is 13.9. The van der Waals surface area contributed by atoms with Crippen molar-refractivity contribution in [3.63, 3.8) is 0 Å². The van der Waals surface area contributed by atoms with Gasteiger partial charge in [-0.05, 0) is 53.3 Å². The van der Waals surface area contributed by atoms with E-state index in [4.69, 9.17) is 15.3 Å². The standard InChI is InChI=1S/C36H30N3.3C7H5O.Zr/c1-26(37-33-22-10-17-28-15-6-8-19-30(28)33)32-21-12-24-35(38-32)36(2,25-27-13-4-3-5-14-27)39-34-23-11-18-29-16-7-9-20-31(29)34;3*8-6-7-4-2-1-3-5-7;/h3-24H,25H2,1-2H3;3*1-5H;/q4*-1;+4. The summed E-state index contributed by atoms with van der Waals surface area (Å²) in [5, 5.41) is 10.0. The first-order valence-corrected chi connectivity index (χ1v) is 20.4. The Balaban J connectivity index is 0.000000248. The molecule has 0 amide bonds. The van der Waals surface area contributed by atoms with E-state index in [1.807, 2.05) is 31.2 Å². The van der Waals surface area contributed by atoms with E-state index in [-0.39, 0.29) is 26.2 Å². The molecule has 64 heavy (non-hydrogen) atoms. The number of hydrogen-bond donors (Lipinski definition) is 0. The summed E-state index contributed by atoms with van der Waals surface area (Å²) in [6, 6.07) is 72.7. The maximum absolute atomic E-state index is 9.88. The van der Waals surface area contributed by atoms with Gasteiger partial charge in [0, 0.05) is 11.1 Å². The van der Waals surface area contributed by atoms with Crippen LogP contribution in [0.4, 0.5) is 11.4 Å². The molecule has 8 aromatic carbocycles. The van der Waals surface area contributed by atoms with Crippen LogP contribution in [0.1, 0.15) is 47.5 Å². The number of benzene rings is 8. The maximum atomic E-state index is 9.88. The Morgan fingerprint density at radius 1 is 0.500 bits per heavy atom. The molecule has 310 valence electrons. The fourth-order valence-corrected chi connectivity index (χ4v) is 6.75. The van der Waals surface area contributed by atoms with Gasteiger partial charge in [-0.15, -0.1) is 42.1 Å². The van der Waals surface area contributed by atoms with Crippen LogP contribution in [0.25, 0.3) is 26.9 Å². The maximum Gasteiger partial charge on any atom is 4.00 e. The summed E-state index contributed by atoms with van der Waals surface area (Å²) in [4.78, 5) is 39.8. The van der Waals surface area contributed by atoms with Crippen molar-refractivity contribution in [1.29, 1.82) is 0 Å². The van der Waals surface area contributed by atoms with Crippen LogP contribution in [-0.2, 0) is 52.5 Å². The number of pyridine rings is 1. The van der Waals surface area contributed by atoms with Gasteiger partial charge in [0.25, 0.3) is 0 Å². The molecule has 0 N–H and O–H groups in total. The van der Waals surface area contributed by atoms with E-state index >= 15 is 0 Å². The minimum Gasteiger partial charge on any atom is -0.674 e. The van der Waals surface area contributed by atoms with Crippen molar-refractivity contribution in [1.82, 2.24) is 4.98 Å². The van der Waals surface area contributed by atoms with Crippen LogP contribution >= 0.6 is 0 Å². The number of fused-ring (bicyclic) bond motifs is 2. The van der Waals surface area contributed by atoms with Gasteiger partial charge in [-0.2, -0.15) is 53.1 Å². The Hall–Kier alpha value is -7.21. The smallest absolute Gasteiger partial charge is 0.674 e. The van der Waals surface area contributed by atoms with Gasteiger partial charge in [-0.1, -0.05) is 146 Å². The van der Waals surface area contributed by atoms with Crippen molar-refractivity contribution >= 4 is 57.5 Å². The van der Waals surface area contributed by atoms with E-state index in [9.17, 15) is 14.4 Å². The average Bonchev–Trinajstić information content (AvgIpc) is 3.36. The second kappa shape index (κ2) is 25.0. The topological polar surface area (TPSA) is 90.6 Å². The molecule has 1 heterocycles. The van der Waals surface area contributed by atoms with Crippen LogP contribution in [0.5, 0.6) is 0 Å². The van der Waals surface area contributed by atoms with Crippen molar-refractivity contribution in [2.24, 2.45) is 4.99 Å². The molecule has 0 fully saturated rings. The Bertz CT molecular complexity index is 2760. The van der Waals surface area contributed by atoms with Crippen LogP contribution < -0.4 is 0 Å². The number of carbonyl (C=O) groups excluding carboxylic acids is 3. The van der Waals surface area contributed by atoms with Gasteiger partial charge < -0.3 is 19.7 Å². The molecular weight excluding hydrogens is 866 g/mol. The molecule has 1 atom stereocenters. The summed E-state index contributed by atoms with van der Waals surface area (Å²) < 4.78 is 0. The summed E-state index contributed by atoms with van der Waals surface area (Å²) >= 11 is 0. The molecule has 0 saturated heterocycles. The first kappa shape index (κ1) is 47.8. The molecule has 0 saturated carbocycles. The summed E-state index contributed by atoms with van der Waals surface area (Å²) in [7, 11) is 0. The largest absolute Gasteiger partial charge is 4.00 e. The average molecular weight is 911 g/mol. The SMILES string of the molecule is CC(=Nc1cccc2ccccc12)c1cccc(C(C)(Cc2ccccc2)[N-]c2cccc3ccccc23)n1.O=[C-]c1ccccc1.O=[C-]c1ccccc1.O=[C-]c1ccccc1.[Zr+4]. The Labute approximate surface area is 394 Å². The third-order valence-electron chi connectivity index (χ3n) is 9.93. The van der Waals surface area contributed by atoms with Gasteiger partial charge in [-0.3, -0.25) is 9.98 Å². The zero-order valence-corrected chi connectivity index (χ0v) is 38.1. The Morgan fingerprint density at radius 3 is 1.44 bits per heavy atom. The summed E-state index contributed by atoms with van der Waals surface area (Å²) in [5.74, 6) is 0. The number of aromatic nitrogens is 1. The number of rotatable bonds is 10. The van der Waals surface area contributed by atoms with E-state index in [1.165, 1.54) is 16.3 Å². The quantitative estimate of drug-likeness (QED) is 0.101. The second-order valence-corrected chi connectivity index (χ2v) is 14.6. The van der Waals surface area contributed by atoms with Gasteiger partial charge in [0.15, 0.2) is 0 Å². The summed E-state index contributed by atoms with van der Waals surface area (Å²) in [5.41, 5.74) is 7.02. The molecule has 0 spiro atoms. The van der Waals surface area contributed by atoms with E-state index in [1.54, 1.807) is 91.7 Å². The normalized spacial score (nSPS) is 11.3. The Kier molecular flexibility index (Phi) is 18.7. The molecule has 9 rings (SSSR count). The van der Waals surface area contributed by atoms with Crippen molar-refractivity contribution in [3.05, 3.63) is 263 Å².